The highest BCUT2D eigenvalue weighted by molar-refractivity contribution is 6.29. The first kappa shape index (κ1) is 11.6. The van der Waals surface area contributed by atoms with Crippen molar-refractivity contribution in [2.75, 3.05) is 5.88 Å². The van der Waals surface area contributed by atoms with Gasteiger partial charge < -0.3 is 0 Å². The van der Waals surface area contributed by atoms with Gasteiger partial charge in [0.05, 0.1) is 0 Å². The Morgan fingerprint density at radius 3 is 2.53 bits per heavy atom. The Morgan fingerprint density at radius 1 is 1.06 bits per heavy atom. The molecule has 3 nitrogen and oxygen atoms in total. The van der Waals surface area contributed by atoms with E-state index in [4.69, 9.17) is 11.6 Å². The van der Waals surface area contributed by atoms with Crippen molar-refractivity contribution in [3.63, 3.8) is 0 Å². The maximum Gasteiger partial charge on any atom is 0.258 e. The fraction of sp³-hybridized carbons (Fsp3) is 0.0769. The summed E-state index contributed by atoms with van der Waals surface area (Å²) >= 11 is 5.34. The molecule has 2 amide bonds. The number of carbonyl (C=O) groups excluding carboxylic acids is 2. The summed E-state index contributed by atoms with van der Waals surface area (Å²) in [5, 5.41) is 4.00. The summed E-state index contributed by atoms with van der Waals surface area (Å²) < 4.78 is 0. The van der Waals surface area contributed by atoms with Crippen LogP contribution in [-0.4, -0.2) is 17.7 Å². The van der Waals surface area contributed by atoms with Gasteiger partial charge in [-0.1, -0.05) is 36.4 Å². The highest BCUT2D eigenvalue weighted by Crippen LogP contribution is 2.18. The molecule has 0 spiro atoms. The maximum absolute atomic E-state index is 11.8. The molecule has 0 unspecified atom stereocenters. The predicted molar refractivity (Wildman–Crippen MR) is 67.1 cm³/mol. The summed E-state index contributed by atoms with van der Waals surface area (Å²) in [5.74, 6) is -1.15. The Morgan fingerprint density at radius 2 is 1.76 bits per heavy atom. The van der Waals surface area contributed by atoms with Gasteiger partial charge >= 0.3 is 0 Å². The van der Waals surface area contributed by atoms with Crippen LogP contribution in [0.15, 0.2) is 42.5 Å². The second-order valence-electron chi connectivity index (χ2n) is 3.54. The van der Waals surface area contributed by atoms with Crippen LogP contribution in [0.5, 0.6) is 0 Å². The molecule has 1 N–H and O–H groups in total. The number of rotatable bonds is 2. The minimum Gasteiger partial charge on any atom is -0.291 e. The maximum atomic E-state index is 11.8. The fourth-order valence-corrected chi connectivity index (χ4v) is 1.72. The average Bonchev–Trinajstić information content (AvgIpc) is 2.37. The molecule has 0 radical (unpaired) electrons. The smallest absolute Gasteiger partial charge is 0.258 e. The summed E-state index contributed by atoms with van der Waals surface area (Å²) in [6.07, 6.45) is 0. The van der Waals surface area contributed by atoms with Crippen LogP contribution in [0.4, 0.5) is 0 Å². The topological polar surface area (TPSA) is 46.2 Å². The number of imide groups is 1. The number of hydrogen-bond donors (Lipinski definition) is 1. The number of benzene rings is 2. The predicted octanol–water partition coefficient (Wildman–Crippen LogP) is 2.33. The zero-order chi connectivity index (χ0) is 12.3. The van der Waals surface area contributed by atoms with Crippen molar-refractivity contribution in [1.82, 2.24) is 5.32 Å². The first-order valence-electron chi connectivity index (χ1n) is 5.10. The zero-order valence-electron chi connectivity index (χ0n) is 8.94. The molecule has 4 heteroatoms. The van der Waals surface area contributed by atoms with Crippen LogP contribution in [0.1, 0.15) is 10.4 Å². The second-order valence-corrected chi connectivity index (χ2v) is 3.80. The normalized spacial score (nSPS) is 10.2. The van der Waals surface area contributed by atoms with Crippen molar-refractivity contribution < 1.29 is 9.59 Å². The van der Waals surface area contributed by atoms with Crippen molar-refractivity contribution in [2.45, 2.75) is 0 Å². The van der Waals surface area contributed by atoms with Crippen molar-refractivity contribution in [1.29, 1.82) is 0 Å². The number of carbonyl (C=O) groups is 2. The zero-order valence-corrected chi connectivity index (χ0v) is 9.70. The molecule has 17 heavy (non-hydrogen) atoms. The fourth-order valence-electron chi connectivity index (χ4n) is 1.65. The third kappa shape index (κ3) is 2.45. The Kier molecular flexibility index (Phi) is 3.40. The number of amides is 2. The third-order valence-corrected chi connectivity index (χ3v) is 2.65. The largest absolute Gasteiger partial charge is 0.291 e. The van der Waals surface area contributed by atoms with Crippen molar-refractivity contribution >= 4 is 34.2 Å². The van der Waals surface area contributed by atoms with Crippen LogP contribution in [0.2, 0.25) is 0 Å². The third-order valence-electron chi connectivity index (χ3n) is 2.41. The second kappa shape index (κ2) is 4.97. The molecular weight excluding hydrogens is 238 g/mol. The van der Waals surface area contributed by atoms with E-state index in [-0.39, 0.29) is 5.88 Å². The van der Waals surface area contributed by atoms with E-state index in [1.807, 2.05) is 30.3 Å². The Bertz CT molecular complexity index is 575. The van der Waals surface area contributed by atoms with Gasteiger partial charge in [-0.15, -0.1) is 11.6 Å². The van der Waals surface area contributed by atoms with Gasteiger partial charge in [-0.05, 0) is 16.8 Å². The molecule has 0 aliphatic rings. The van der Waals surface area contributed by atoms with E-state index in [0.717, 1.165) is 10.8 Å². The van der Waals surface area contributed by atoms with Gasteiger partial charge in [0, 0.05) is 5.56 Å². The molecule has 0 bridgehead atoms. The van der Waals surface area contributed by atoms with E-state index in [9.17, 15) is 9.59 Å². The first-order chi connectivity index (χ1) is 8.22. The Labute approximate surface area is 103 Å². The van der Waals surface area contributed by atoms with Crippen LogP contribution >= 0.6 is 11.6 Å². The SMILES string of the molecule is O=C(CCl)NC(=O)c1cccc2ccccc12. The van der Waals surface area contributed by atoms with Crippen LogP contribution in [0.25, 0.3) is 10.8 Å². The Hall–Kier alpha value is -1.87. The van der Waals surface area contributed by atoms with E-state index in [1.54, 1.807) is 12.1 Å². The molecule has 0 aromatic heterocycles. The molecule has 2 aromatic carbocycles. The number of alkyl halides is 1. The van der Waals surface area contributed by atoms with Crippen molar-refractivity contribution in [3.8, 4) is 0 Å². The van der Waals surface area contributed by atoms with Gasteiger partial charge in [0.15, 0.2) is 0 Å². The van der Waals surface area contributed by atoms with Gasteiger partial charge in [-0.2, -0.15) is 0 Å². The molecule has 0 saturated heterocycles. The number of nitrogens with one attached hydrogen (secondary N) is 1. The molecule has 0 fully saturated rings. The molecule has 0 aliphatic carbocycles. The van der Waals surface area contributed by atoms with Gasteiger partial charge in [-0.25, -0.2) is 0 Å². The lowest BCUT2D eigenvalue weighted by molar-refractivity contribution is -0.117. The summed E-state index contributed by atoms with van der Waals surface area (Å²) in [4.78, 5) is 22.9. The highest BCUT2D eigenvalue weighted by Gasteiger charge is 2.11. The van der Waals surface area contributed by atoms with Crippen LogP contribution in [0, 0.1) is 0 Å². The molecule has 0 saturated carbocycles. The molecule has 0 atom stereocenters. The lowest BCUT2D eigenvalue weighted by Crippen LogP contribution is -2.31. The van der Waals surface area contributed by atoms with Crippen LogP contribution in [-0.2, 0) is 4.79 Å². The molecular formula is C13H10ClNO2. The van der Waals surface area contributed by atoms with Gasteiger partial charge in [0.2, 0.25) is 5.91 Å². The van der Waals surface area contributed by atoms with E-state index >= 15 is 0 Å². The average molecular weight is 248 g/mol. The van der Waals surface area contributed by atoms with Crippen LogP contribution in [0.3, 0.4) is 0 Å². The lowest BCUT2D eigenvalue weighted by atomic mass is 10.0. The molecule has 0 heterocycles. The number of fused-ring (bicyclic) bond motifs is 1. The van der Waals surface area contributed by atoms with Gasteiger partial charge in [-0.3, -0.25) is 14.9 Å². The van der Waals surface area contributed by atoms with Crippen molar-refractivity contribution in [2.24, 2.45) is 0 Å². The summed E-state index contributed by atoms with van der Waals surface area (Å²) in [5.41, 5.74) is 0.474. The molecule has 86 valence electrons. The monoisotopic (exact) mass is 247 g/mol. The van der Waals surface area contributed by atoms with Crippen LogP contribution < -0.4 is 5.32 Å². The van der Waals surface area contributed by atoms with Gasteiger partial charge in [0.25, 0.3) is 5.91 Å². The number of halogens is 1. The standard InChI is InChI=1S/C13H10ClNO2/c14-8-12(16)15-13(17)11-7-3-5-9-4-1-2-6-10(9)11/h1-7H,8H2,(H,15,16,17). The molecule has 2 aromatic rings. The first-order valence-corrected chi connectivity index (χ1v) is 5.63. The van der Waals surface area contributed by atoms with E-state index < -0.39 is 11.8 Å². The van der Waals surface area contributed by atoms with Crippen molar-refractivity contribution in [3.05, 3.63) is 48.0 Å². The Balaban J connectivity index is 2.41. The van der Waals surface area contributed by atoms with E-state index in [0.29, 0.717) is 5.56 Å². The lowest BCUT2D eigenvalue weighted by Gasteiger charge is -2.05. The minimum atomic E-state index is -0.496. The number of hydrogen-bond acceptors (Lipinski definition) is 2. The highest BCUT2D eigenvalue weighted by atomic mass is 35.5. The molecule has 2 rings (SSSR count). The summed E-state index contributed by atoms with van der Waals surface area (Å²) in [6.45, 7) is 0. The molecule has 0 aliphatic heterocycles. The van der Waals surface area contributed by atoms with Gasteiger partial charge in [0.1, 0.15) is 5.88 Å². The quantitative estimate of drug-likeness (QED) is 0.828. The summed E-state index contributed by atoms with van der Waals surface area (Å²) in [7, 11) is 0. The van der Waals surface area contributed by atoms with E-state index in [2.05, 4.69) is 5.32 Å². The summed E-state index contributed by atoms with van der Waals surface area (Å²) in [6, 6.07) is 12.9. The minimum absolute atomic E-state index is 0.226. The van der Waals surface area contributed by atoms with E-state index in [1.165, 1.54) is 0 Å².